The summed E-state index contributed by atoms with van der Waals surface area (Å²) in [7, 11) is 0. The number of aryl methyl sites for hydroxylation is 1. The molecule has 0 aliphatic heterocycles. The molecule has 1 amide bonds. The zero-order valence-corrected chi connectivity index (χ0v) is 16.2. The molecule has 2 aromatic rings. The number of H-pyrrole nitrogens is 1. The zero-order valence-electron chi connectivity index (χ0n) is 15.4. The largest absolute Gasteiger partial charge is 0.462 e. The molecular weight excluding hydrogens is 366 g/mol. The number of nitrogens with zero attached hydrogens (tertiary/aromatic N) is 1. The number of aromatic amines is 1. The third kappa shape index (κ3) is 6.56. The van der Waals surface area contributed by atoms with Gasteiger partial charge in [0.2, 0.25) is 5.91 Å². The number of hydrogen-bond acceptors (Lipinski definition) is 6. The summed E-state index contributed by atoms with van der Waals surface area (Å²) >= 11 is 1.13. The molecule has 2 rings (SSSR count). The maximum absolute atomic E-state index is 12.3. The summed E-state index contributed by atoms with van der Waals surface area (Å²) in [4.78, 5) is 42.9. The lowest BCUT2D eigenvalue weighted by Gasteiger charge is -2.10. The number of thioether (sulfide) groups is 1. The standard InChI is InChI=1S/C19H23N3O4S/c1-3-5-10-26-18(25)14-8-6-7-9-15(14)21-17(24)12-27-19-20-13(4-2)11-16(23)22-19/h6-9,11H,3-5,10,12H2,1-2H3,(H,21,24)(H,20,22,23). The maximum Gasteiger partial charge on any atom is 0.340 e. The molecule has 0 unspecified atom stereocenters. The van der Waals surface area contributed by atoms with E-state index in [0.717, 1.165) is 24.6 Å². The average molecular weight is 389 g/mol. The van der Waals surface area contributed by atoms with E-state index in [0.29, 0.717) is 35.1 Å². The second kappa shape index (κ2) is 10.5. The average Bonchev–Trinajstić information content (AvgIpc) is 2.66. The molecule has 0 saturated heterocycles. The maximum atomic E-state index is 12.3. The Morgan fingerprint density at radius 1 is 1.26 bits per heavy atom. The highest BCUT2D eigenvalue weighted by atomic mass is 32.2. The highest BCUT2D eigenvalue weighted by Gasteiger charge is 2.14. The molecule has 0 spiro atoms. The fraction of sp³-hybridized carbons (Fsp3) is 0.368. The Balaban J connectivity index is 1.99. The van der Waals surface area contributed by atoms with Gasteiger partial charge in [-0.25, -0.2) is 9.78 Å². The first kappa shape index (κ1) is 20.7. The van der Waals surface area contributed by atoms with Gasteiger partial charge in [-0.05, 0) is 25.0 Å². The van der Waals surface area contributed by atoms with Gasteiger partial charge in [-0.1, -0.05) is 44.2 Å². The molecule has 2 N–H and O–H groups in total. The summed E-state index contributed by atoms with van der Waals surface area (Å²) in [6.07, 6.45) is 2.36. The van der Waals surface area contributed by atoms with Crippen molar-refractivity contribution in [3.05, 3.63) is 51.9 Å². The van der Waals surface area contributed by atoms with Gasteiger partial charge in [0.1, 0.15) is 0 Å². The van der Waals surface area contributed by atoms with Crippen LogP contribution < -0.4 is 10.9 Å². The number of carbonyl (C=O) groups excluding carboxylic acids is 2. The summed E-state index contributed by atoms with van der Waals surface area (Å²) in [5.74, 6) is -0.720. The molecule has 8 heteroatoms. The number of rotatable bonds is 9. The SMILES string of the molecule is CCCCOC(=O)c1ccccc1NC(=O)CSc1nc(CC)cc(=O)[nH]1. The molecule has 1 aromatic carbocycles. The Bertz CT molecular complexity index is 851. The summed E-state index contributed by atoms with van der Waals surface area (Å²) in [6.45, 7) is 4.26. The lowest BCUT2D eigenvalue weighted by Crippen LogP contribution is -2.18. The molecule has 144 valence electrons. The van der Waals surface area contributed by atoms with Crippen LogP contribution in [0.3, 0.4) is 0 Å². The van der Waals surface area contributed by atoms with Crippen LogP contribution in [0.1, 0.15) is 42.7 Å². The number of unbranched alkanes of at least 4 members (excludes halogenated alkanes) is 1. The molecular formula is C19H23N3O4S. The lowest BCUT2D eigenvalue weighted by atomic mass is 10.2. The number of hydrogen-bond donors (Lipinski definition) is 2. The number of aromatic nitrogens is 2. The topological polar surface area (TPSA) is 101 Å². The van der Waals surface area contributed by atoms with Crippen molar-refractivity contribution < 1.29 is 14.3 Å². The summed E-state index contributed by atoms with van der Waals surface area (Å²) in [6, 6.07) is 8.14. The van der Waals surface area contributed by atoms with Crippen LogP contribution in [0.5, 0.6) is 0 Å². The van der Waals surface area contributed by atoms with Crippen molar-refractivity contribution in [3.63, 3.8) is 0 Å². The number of anilines is 1. The van der Waals surface area contributed by atoms with Crippen LogP contribution in [0, 0.1) is 0 Å². The van der Waals surface area contributed by atoms with Gasteiger partial charge in [0.05, 0.1) is 23.6 Å². The summed E-state index contributed by atoms with van der Waals surface area (Å²) in [5.41, 5.74) is 1.13. The van der Waals surface area contributed by atoms with E-state index in [1.54, 1.807) is 24.3 Å². The lowest BCUT2D eigenvalue weighted by molar-refractivity contribution is -0.113. The van der Waals surface area contributed by atoms with Gasteiger partial charge < -0.3 is 15.0 Å². The van der Waals surface area contributed by atoms with E-state index >= 15 is 0 Å². The van der Waals surface area contributed by atoms with E-state index in [1.807, 2.05) is 13.8 Å². The number of carbonyl (C=O) groups is 2. The number of amides is 1. The number of ether oxygens (including phenoxy) is 1. The second-order valence-electron chi connectivity index (χ2n) is 5.77. The summed E-state index contributed by atoms with van der Waals surface area (Å²) in [5, 5.41) is 3.11. The van der Waals surface area contributed by atoms with Gasteiger partial charge in [-0.2, -0.15) is 0 Å². The van der Waals surface area contributed by atoms with E-state index in [2.05, 4.69) is 15.3 Å². The zero-order chi connectivity index (χ0) is 19.6. The third-order valence-electron chi connectivity index (χ3n) is 3.63. The molecule has 0 saturated carbocycles. The second-order valence-corrected chi connectivity index (χ2v) is 6.73. The van der Waals surface area contributed by atoms with Crippen molar-refractivity contribution in [1.82, 2.24) is 9.97 Å². The first-order chi connectivity index (χ1) is 13.0. The van der Waals surface area contributed by atoms with E-state index in [1.165, 1.54) is 6.07 Å². The van der Waals surface area contributed by atoms with Crippen LogP contribution >= 0.6 is 11.8 Å². The fourth-order valence-corrected chi connectivity index (χ4v) is 2.90. The first-order valence-electron chi connectivity index (χ1n) is 8.82. The normalized spacial score (nSPS) is 10.4. The molecule has 1 heterocycles. The number of esters is 1. The minimum Gasteiger partial charge on any atom is -0.462 e. The smallest absolute Gasteiger partial charge is 0.340 e. The van der Waals surface area contributed by atoms with Crippen LogP contribution in [0.2, 0.25) is 0 Å². The van der Waals surface area contributed by atoms with Crippen LogP contribution in [0.25, 0.3) is 0 Å². The van der Waals surface area contributed by atoms with Crippen molar-refractivity contribution >= 4 is 29.3 Å². The van der Waals surface area contributed by atoms with Crippen molar-refractivity contribution in [2.75, 3.05) is 17.7 Å². The van der Waals surface area contributed by atoms with Crippen LogP contribution in [-0.4, -0.2) is 34.2 Å². The first-order valence-corrected chi connectivity index (χ1v) is 9.81. The van der Waals surface area contributed by atoms with Crippen molar-refractivity contribution in [2.24, 2.45) is 0 Å². The molecule has 0 aliphatic carbocycles. The van der Waals surface area contributed by atoms with Crippen molar-refractivity contribution in [2.45, 2.75) is 38.3 Å². The Morgan fingerprint density at radius 3 is 2.78 bits per heavy atom. The number of benzene rings is 1. The van der Waals surface area contributed by atoms with Gasteiger partial charge in [0.25, 0.3) is 5.56 Å². The third-order valence-corrected chi connectivity index (χ3v) is 4.50. The van der Waals surface area contributed by atoms with E-state index < -0.39 is 5.97 Å². The molecule has 0 aliphatic rings. The number of para-hydroxylation sites is 1. The minimum atomic E-state index is -0.464. The molecule has 0 radical (unpaired) electrons. The van der Waals surface area contributed by atoms with Gasteiger partial charge >= 0.3 is 5.97 Å². The Hall–Kier alpha value is -2.61. The predicted molar refractivity (Wildman–Crippen MR) is 105 cm³/mol. The fourth-order valence-electron chi connectivity index (χ4n) is 2.21. The van der Waals surface area contributed by atoms with Gasteiger partial charge in [0, 0.05) is 11.8 Å². The van der Waals surface area contributed by atoms with Gasteiger partial charge in [-0.3, -0.25) is 9.59 Å². The van der Waals surface area contributed by atoms with E-state index in [9.17, 15) is 14.4 Å². The van der Waals surface area contributed by atoms with Crippen LogP contribution in [-0.2, 0) is 16.0 Å². The Kier molecular flexibility index (Phi) is 8.06. The van der Waals surface area contributed by atoms with Gasteiger partial charge in [0.15, 0.2) is 5.16 Å². The molecule has 1 aromatic heterocycles. The molecule has 7 nitrogen and oxygen atoms in total. The molecule has 0 atom stereocenters. The van der Waals surface area contributed by atoms with E-state index in [-0.39, 0.29) is 17.2 Å². The highest BCUT2D eigenvalue weighted by molar-refractivity contribution is 7.99. The summed E-state index contributed by atoms with van der Waals surface area (Å²) < 4.78 is 5.21. The predicted octanol–water partition coefficient (Wildman–Crippen LogP) is 3.02. The Morgan fingerprint density at radius 2 is 2.04 bits per heavy atom. The van der Waals surface area contributed by atoms with Crippen LogP contribution in [0.4, 0.5) is 5.69 Å². The molecule has 0 bridgehead atoms. The monoisotopic (exact) mass is 389 g/mol. The van der Waals surface area contributed by atoms with Gasteiger partial charge in [-0.15, -0.1) is 0 Å². The van der Waals surface area contributed by atoms with Crippen molar-refractivity contribution in [3.8, 4) is 0 Å². The van der Waals surface area contributed by atoms with Crippen molar-refractivity contribution in [1.29, 1.82) is 0 Å². The quantitative estimate of drug-likeness (QED) is 0.296. The molecule has 0 fully saturated rings. The Labute approximate surface area is 161 Å². The highest BCUT2D eigenvalue weighted by Crippen LogP contribution is 2.18. The minimum absolute atomic E-state index is 0.0509. The number of nitrogens with one attached hydrogen (secondary N) is 2. The van der Waals surface area contributed by atoms with Crippen LogP contribution in [0.15, 0.2) is 40.3 Å². The van der Waals surface area contributed by atoms with E-state index in [4.69, 9.17) is 4.74 Å². The molecule has 27 heavy (non-hydrogen) atoms.